The third-order valence-corrected chi connectivity index (χ3v) is 4.41. The van der Waals surface area contributed by atoms with Crippen molar-refractivity contribution in [3.8, 4) is 11.5 Å². The van der Waals surface area contributed by atoms with E-state index in [1.807, 2.05) is 24.3 Å². The molecular weight excluding hydrogens is 324 g/mol. The SMILES string of the molecule is CCCCc1cccc([O-])c1Cc1c([O-])cccc1CCCC.[Ca+2]. The molecule has 0 spiro atoms. The number of hydrogen-bond acceptors (Lipinski definition) is 2. The minimum Gasteiger partial charge on any atom is -0.872 e. The number of rotatable bonds is 8. The maximum Gasteiger partial charge on any atom is 2.00 e. The van der Waals surface area contributed by atoms with E-state index in [-0.39, 0.29) is 49.2 Å². The molecule has 0 aromatic heterocycles. The predicted octanol–water partition coefficient (Wildman–Crippen LogP) is 3.73. The Balaban J connectivity index is 0.00000288. The molecule has 0 N–H and O–H groups in total. The molecule has 2 aromatic carbocycles. The summed E-state index contributed by atoms with van der Waals surface area (Å²) in [4.78, 5) is 0. The molecule has 2 nitrogen and oxygen atoms in total. The average Bonchev–Trinajstić information content (AvgIpc) is 2.55. The molecule has 24 heavy (non-hydrogen) atoms. The molecule has 0 aliphatic rings. The van der Waals surface area contributed by atoms with Gasteiger partial charge < -0.3 is 10.2 Å². The largest absolute Gasteiger partial charge is 2.00 e. The van der Waals surface area contributed by atoms with E-state index < -0.39 is 0 Å². The molecular formula is C21H26CaO2. The van der Waals surface area contributed by atoms with Crippen molar-refractivity contribution in [3.05, 3.63) is 58.7 Å². The second-order valence-corrected chi connectivity index (χ2v) is 6.17. The predicted molar refractivity (Wildman–Crippen MR) is 97.6 cm³/mol. The molecule has 0 aliphatic carbocycles. The van der Waals surface area contributed by atoms with Crippen LogP contribution in [0.3, 0.4) is 0 Å². The first-order valence-electron chi connectivity index (χ1n) is 8.72. The standard InChI is InChI=1S/C21H28O2.Ca/c1-3-5-9-16-11-7-13-20(22)18(16)15-19-17(10-6-4-2)12-8-14-21(19)23;/h7-8,11-14,22-23H,3-6,9-10,15H2,1-2H3;/q;+2/p-2. The van der Waals surface area contributed by atoms with Crippen LogP contribution in [0.15, 0.2) is 36.4 Å². The van der Waals surface area contributed by atoms with E-state index in [0.717, 1.165) is 60.8 Å². The van der Waals surface area contributed by atoms with Gasteiger partial charge in [-0.15, -0.1) is 11.5 Å². The van der Waals surface area contributed by atoms with Crippen molar-refractivity contribution >= 4 is 37.7 Å². The van der Waals surface area contributed by atoms with Gasteiger partial charge in [0, 0.05) is 0 Å². The molecule has 0 aliphatic heterocycles. The van der Waals surface area contributed by atoms with Gasteiger partial charge in [0.1, 0.15) is 0 Å². The van der Waals surface area contributed by atoms with Gasteiger partial charge in [-0.25, -0.2) is 0 Å². The van der Waals surface area contributed by atoms with E-state index in [1.165, 1.54) is 0 Å². The Kier molecular flexibility index (Phi) is 9.80. The monoisotopic (exact) mass is 350 g/mol. The number of hydrogen-bond donors (Lipinski definition) is 0. The van der Waals surface area contributed by atoms with Crippen LogP contribution in [0.2, 0.25) is 0 Å². The minimum atomic E-state index is 0. The van der Waals surface area contributed by atoms with Crippen molar-refractivity contribution in [2.45, 2.75) is 58.8 Å². The van der Waals surface area contributed by atoms with Gasteiger partial charge in [0.15, 0.2) is 0 Å². The maximum absolute atomic E-state index is 12.3. The second kappa shape index (κ2) is 11.0. The van der Waals surface area contributed by atoms with E-state index in [2.05, 4.69) is 13.8 Å². The zero-order valence-electron chi connectivity index (χ0n) is 14.9. The topological polar surface area (TPSA) is 46.1 Å². The van der Waals surface area contributed by atoms with Gasteiger partial charge in [0.05, 0.1) is 0 Å². The molecule has 0 unspecified atom stereocenters. The first kappa shape index (κ1) is 21.3. The van der Waals surface area contributed by atoms with Crippen molar-refractivity contribution in [1.82, 2.24) is 0 Å². The number of aryl methyl sites for hydroxylation is 2. The van der Waals surface area contributed by atoms with Gasteiger partial charge in [-0.3, -0.25) is 0 Å². The van der Waals surface area contributed by atoms with Crippen LogP contribution in [0.4, 0.5) is 0 Å². The van der Waals surface area contributed by atoms with Crippen molar-refractivity contribution in [3.63, 3.8) is 0 Å². The summed E-state index contributed by atoms with van der Waals surface area (Å²) in [5, 5.41) is 24.7. The Bertz CT molecular complexity index is 582. The van der Waals surface area contributed by atoms with Crippen LogP contribution in [0.5, 0.6) is 11.5 Å². The van der Waals surface area contributed by atoms with Crippen LogP contribution in [-0.2, 0) is 19.3 Å². The number of benzene rings is 2. The first-order chi connectivity index (χ1) is 11.2. The Morgan fingerprint density at radius 3 is 1.50 bits per heavy atom. The third-order valence-electron chi connectivity index (χ3n) is 4.41. The summed E-state index contributed by atoms with van der Waals surface area (Å²) >= 11 is 0. The summed E-state index contributed by atoms with van der Waals surface area (Å²) in [6, 6.07) is 11.0. The summed E-state index contributed by atoms with van der Waals surface area (Å²) in [5.41, 5.74) is 3.82. The normalized spacial score (nSPS) is 10.4. The van der Waals surface area contributed by atoms with E-state index in [0.29, 0.717) is 6.42 Å². The Hall–Kier alpha value is -0.700. The zero-order chi connectivity index (χ0) is 16.7. The minimum absolute atomic E-state index is 0. The fourth-order valence-corrected chi connectivity index (χ4v) is 3.00. The molecule has 0 fully saturated rings. The van der Waals surface area contributed by atoms with E-state index in [4.69, 9.17) is 0 Å². The van der Waals surface area contributed by atoms with Crippen molar-refractivity contribution < 1.29 is 10.2 Å². The van der Waals surface area contributed by atoms with Gasteiger partial charge >= 0.3 is 37.7 Å². The van der Waals surface area contributed by atoms with Gasteiger partial charge in [-0.05, 0) is 54.4 Å². The second-order valence-electron chi connectivity index (χ2n) is 6.17. The fourth-order valence-electron chi connectivity index (χ4n) is 3.00. The third kappa shape index (κ3) is 5.68. The van der Waals surface area contributed by atoms with Gasteiger partial charge in [-0.1, -0.05) is 63.1 Å². The molecule has 0 atom stereocenters. The van der Waals surface area contributed by atoms with Crippen LogP contribution in [0, 0.1) is 0 Å². The first-order valence-corrected chi connectivity index (χ1v) is 8.72. The summed E-state index contributed by atoms with van der Waals surface area (Å²) < 4.78 is 0. The summed E-state index contributed by atoms with van der Waals surface area (Å²) in [7, 11) is 0. The van der Waals surface area contributed by atoms with Crippen molar-refractivity contribution in [1.29, 1.82) is 0 Å². The molecule has 0 radical (unpaired) electrons. The molecule has 2 rings (SSSR count). The smallest absolute Gasteiger partial charge is 0.872 e. The Labute approximate surface area is 175 Å². The van der Waals surface area contributed by atoms with E-state index in [1.54, 1.807) is 12.1 Å². The molecule has 124 valence electrons. The van der Waals surface area contributed by atoms with Crippen LogP contribution in [0.25, 0.3) is 0 Å². The quantitative estimate of drug-likeness (QED) is 0.681. The van der Waals surface area contributed by atoms with E-state index in [9.17, 15) is 10.2 Å². The van der Waals surface area contributed by atoms with Crippen LogP contribution < -0.4 is 10.2 Å². The van der Waals surface area contributed by atoms with E-state index >= 15 is 0 Å². The van der Waals surface area contributed by atoms with Crippen LogP contribution in [-0.4, -0.2) is 37.7 Å². The van der Waals surface area contributed by atoms with Crippen molar-refractivity contribution in [2.24, 2.45) is 0 Å². The van der Waals surface area contributed by atoms with Gasteiger partial charge in [-0.2, -0.15) is 0 Å². The average molecular weight is 351 g/mol. The molecule has 0 saturated heterocycles. The maximum atomic E-state index is 12.3. The fraction of sp³-hybridized carbons (Fsp3) is 0.429. The Morgan fingerprint density at radius 1 is 0.708 bits per heavy atom. The molecule has 3 heteroatoms. The molecule has 0 amide bonds. The number of unbranched alkanes of at least 4 members (excludes halogenated alkanes) is 2. The summed E-state index contributed by atoms with van der Waals surface area (Å²) in [5.74, 6) is 0.117. The molecule has 2 aromatic rings. The molecule has 0 bridgehead atoms. The molecule has 0 saturated carbocycles. The van der Waals surface area contributed by atoms with Crippen LogP contribution in [0.1, 0.15) is 61.8 Å². The van der Waals surface area contributed by atoms with Crippen molar-refractivity contribution in [2.75, 3.05) is 0 Å². The van der Waals surface area contributed by atoms with Crippen LogP contribution >= 0.6 is 0 Å². The Morgan fingerprint density at radius 2 is 1.12 bits per heavy atom. The zero-order valence-corrected chi connectivity index (χ0v) is 17.1. The summed E-state index contributed by atoms with van der Waals surface area (Å²) in [6.07, 6.45) is 6.62. The van der Waals surface area contributed by atoms with Gasteiger partial charge in [0.25, 0.3) is 0 Å². The molecule has 0 heterocycles. The summed E-state index contributed by atoms with van der Waals surface area (Å²) in [6.45, 7) is 4.30. The van der Waals surface area contributed by atoms with Gasteiger partial charge in [0.2, 0.25) is 0 Å².